The topological polar surface area (TPSA) is 218 Å². The van der Waals surface area contributed by atoms with E-state index in [4.69, 9.17) is 19.7 Å². The number of nitrogens with one attached hydrogen (secondary N) is 3. The van der Waals surface area contributed by atoms with Crippen molar-refractivity contribution >= 4 is 35.3 Å². The number of carboxylic acid groups (broad SMARTS) is 2. The number of aliphatic hydroxyl groups is 1. The van der Waals surface area contributed by atoms with Gasteiger partial charge in [-0.25, -0.2) is 4.79 Å². The lowest BCUT2D eigenvalue weighted by Gasteiger charge is -2.14. The van der Waals surface area contributed by atoms with Gasteiger partial charge >= 0.3 is 11.9 Å². The lowest BCUT2D eigenvalue weighted by Crippen LogP contribution is -2.41. The van der Waals surface area contributed by atoms with Crippen LogP contribution in [0.5, 0.6) is 0 Å². The normalized spacial score (nSPS) is 12.3. The highest BCUT2D eigenvalue weighted by molar-refractivity contribution is 5.85. The van der Waals surface area contributed by atoms with Gasteiger partial charge in [-0.2, -0.15) is 0 Å². The summed E-state index contributed by atoms with van der Waals surface area (Å²) in [6, 6.07) is -1.47. The van der Waals surface area contributed by atoms with E-state index in [1.807, 2.05) is 0 Å². The highest BCUT2D eigenvalue weighted by Crippen LogP contribution is 2.14. The maximum atomic E-state index is 12.3. The molecule has 0 aliphatic carbocycles. The van der Waals surface area contributed by atoms with Crippen LogP contribution in [0.15, 0.2) is 0 Å². The van der Waals surface area contributed by atoms with Crippen molar-refractivity contribution in [2.75, 3.05) is 46.6 Å². The van der Waals surface area contributed by atoms with Crippen molar-refractivity contribution in [1.29, 1.82) is 0 Å². The summed E-state index contributed by atoms with van der Waals surface area (Å²) in [5.74, 6) is -2.76. The largest absolute Gasteiger partial charge is 0.481 e. The smallest absolute Gasteiger partial charge is 0.326 e. The minimum absolute atomic E-state index is 0. The first-order valence-corrected chi connectivity index (χ1v) is 19.6. The standard InChI is InChI=1S/C38H69N3O11.H2/c1-39-32(34(44)29-42)20-16-17-25-40-36(46)30-52-28-27-51-26-18-19-31(43)23-24-33(38(49)50)41-35(45)21-14-12-10-8-6-4-2-3-5-7-9-11-13-15-22-37(47)48;/h32-33,39,42H,2-30H2,1H3,(H,40,46)(H,41,45)(H,47,48)(H,49,50);1H/t32-,33-;/m0./s1. The van der Waals surface area contributed by atoms with Crippen molar-refractivity contribution < 1.29 is 55.0 Å². The molecule has 2 atom stereocenters. The van der Waals surface area contributed by atoms with E-state index in [1.165, 1.54) is 44.9 Å². The highest BCUT2D eigenvalue weighted by atomic mass is 16.5. The fourth-order valence-corrected chi connectivity index (χ4v) is 5.72. The Kier molecular flexibility index (Phi) is 33.1. The van der Waals surface area contributed by atoms with E-state index in [2.05, 4.69) is 16.0 Å². The first-order valence-electron chi connectivity index (χ1n) is 19.6. The van der Waals surface area contributed by atoms with Crippen molar-refractivity contribution in [3.63, 3.8) is 0 Å². The number of Topliss-reactive ketones (excluding diaryl/α,β-unsaturated/α-hetero) is 2. The number of hydrogen-bond acceptors (Lipinski definition) is 10. The number of carboxylic acids is 2. The van der Waals surface area contributed by atoms with E-state index in [0.29, 0.717) is 38.8 Å². The summed E-state index contributed by atoms with van der Waals surface area (Å²) in [4.78, 5) is 70.0. The molecule has 0 saturated heterocycles. The second-order valence-corrected chi connectivity index (χ2v) is 13.5. The average Bonchev–Trinajstić information content (AvgIpc) is 3.11. The summed E-state index contributed by atoms with van der Waals surface area (Å²) in [6.07, 6.45) is 18.5. The van der Waals surface area contributed by atoms with Crippen LogP contribution in [0.2, 0.25) is 0 Å². The minimum Gasteiger partial charge on any atom is -0.481 e. The molecule has 0 aromatic heterocycles. The van der Waals surface area contributed by atoms with Crippen molar-refractivity contribution in [1.82, 2.24) is 16.0 Å². The van der Waals surface area contributed by atoms with Gasteiger partial charge in [0.25, 0.3) is 0 Å². The maximum Gasteiger partial charge on any atom is 0.326 e. The van der Waals surface area contributed by atoms with E-state index >= 15 is 0 Å². The molecule has 0 aromatic rings. The van der Waals surface area contributed by atoms with Crippen LogP contribution in [-0.4, -0.2) is 109 Å². The van der Waals surface area contributed by atoms with Gasteiger partial charge in [0.05, 0.1) is 19.3 Å². The van der Waals surface area contributed by atoms with E-state index < -0.39 is 24.6 Å². The molecular weight excluding hydrogens is 674 g/mol. The van der Waals surface area contributed by atoms with Crippen molar-refractivity contribution in [3.8, 4) is 0 Å². The van der Waals surface area contributed by atoms with Gasteiger partial charge in [-0.15, -0.1) is 0 Å². The zero-order valence-corrected chi connectivity index (χ0v) is 31.8. The van der Waals surface area contributed by atoms with Crippen molar-refractivity contribution in [3.05, 3.63) is 0 Å². The third kappa shape index (κ3) is 31.8. The SMILES string of the molecule is CN[C@@H](CCCCNC(=O)COCCOCCCC(=O)CC[C@H](NC(=O)CCCCCCCCCCCCCCCCC(=O)O)C(=O)O)C(=O)CO.[HH]. The zero-order valence-electron chi connectivity index (χ0n) is 31.8. The molecule has 0 spiro atoms. The first-order chi connectivity index (χ1) is 25.1. The Morgan fingerprint density at radius 2 is 1.13 bits per heavy atom. The summed E-state index contributed by atoms with van der Waals surface area (Å²) in [6.45, 7) is 0.674. The monoisotopic (exact) mass is 746 g/mol. The number of unbranched alkanes of at least 4 members (excludes halogenated alkanes) is 14. The average molecular weight is 746 g/mol. The van der Waals surface area contributed by atoms with Gasteiger partial charge in [-0.05, 0) is 52.0 Å². The summed E-state index contributed by atoms with van der Waals surface area (Å²) in [7, 11) is 1.67. The Labute approximate surface area is 312 Å². The maximum absolute atomic E-state index is 12.3. The molecule has 0 saturated carbocycles. The summed E-state index contributed by atoms with van der Waals surface area (Å²) >= 11 is 0. The molecule has 0 unspecified atom stereocenters. The number of amides is 2. The molecular formula is C38H71N3O11. The van der Waals surface area contributed by atoms with Crippen LogP contribution in [0.1, 0.15) is 149 Å². The Bertz CT molecular complexity index is 987. The van der Waals surface area contributed by atoms with Gasteiger partial charge in [0, 0.05) is 40.3 Å². The Morgan fingerprint density at radius 3 is 1.67 bits per heavy atom. The van der Waals surface area contributed by atoms with Crippen molar-refractivity contribution in [2.45, 2.75) is 160 Å². The predicted octanol–water partition coefficient (Wildman–Crippen LogP) is 4.73. The van der Waals surface area contributed by atoms with Gasteiger partial charge in [0.2, 0.25) is 11.8 Å². The fourth-order valence-electron chi connectivity index (χ4n) is 5.72. The minimum atomic E-state index is -1.15. The van der Waals surface area contributed by atoms with E-state index in [9.17, 15) is 33.9 Å². The molecule has 14 heteroatoms. The second-order valence-electron chi connectivity index (χ2n) is 13.5. The number of aliphatic carboxylic acids is 2. The predicted molar refractivity (Wildman–Crippen MR) is 200 cm³/mol. The number of ether oxygens (including phenoxy) is 2. The molecule has 52 heavy (non-hydrogen) atoms. The molecule has 0 aromatic carbocycles. The molecule has 0 aliphatic heterocycles. The number of hydrogen-bond donors (Lipinski definition) is 6. The Balaban J connectivity index is 0. The number of likely N-dealkylation sites (N-methyl/N-ethyl adjacent to an activating group) is 1. The van der Waals surface area contributed by atoms with Crippen LogP contribution in [-0.2, 0) is 38.2 Å². The number of rotatable bonds is 39. The third-order valence-corrected chi connectivity index (χ3v) is 8.87. The van der Waals surface area contributed by atoms with E-state index in [-0.39, 0.29) is 82.8 Å². The molecule has 304 valence electrons. The van der Waals surface area contributed by atoms with Crippen LogP contribution in [0, 0.1) is 0 Å². The summed E-state index contributed by atoms with van der Waals surface area (Å²) < 4.78 is 10.7. The summed E-state index contributed by atoms with van der Waals surface area (Å²) in [5.41, 5.74) is 0. The van der Waals surface area contributed by atoms with Gasteiger partial charge in [0.1, 0.15) is 25.0 Å². The number of carbonyl (C=O) groups is 6. The molecule has 0 radical (unpaired) electrons. The first kappa shape index (κ1) is 49.1. The van der Waals surface area contributed by atoms with Crippen LogP contribution in [0.4, 0.5) is 0 Å². The van der Waals surface area contributed by atoms with Gasteiger partial charge in [-0.1, -0.05) is 77.0 Å². The second kappa shape index (κ2) is 35.1. The van der Waals surface area contributed by atoms with Crippen LogP contribution in [0.3, 0.4) is 0 Å². The molecule has 2 amide bonds. The molecule has 14 nitrogen and oxygen atoms in total. The third-order valence-electron chi connectivity index (χ3n) is 8.87. The van der Waals surface area contributed by atoms with E-state index in [0.717, 1.165) is 44.9 Å². The number of carbonyl (C=O) groups excluding carboxylic acids is 4. The zero-order chi connectivity index (χ0) is 38.7. The van der Waals surface area contributed by atoms with Crippen molar-refractivity contribution in [2.24, 2.45) is 0 Å². The molecule has 6 N–H and O–H groups in total. The number of ketones is 2. The Hall–Kier alpha value is -2.94. The Morgan fingerprint density at radius 1 is 0.577 bits per heavy atom. The van der Waals surface area contributed by atoms with Crippen LogP contribution >= 0.6 is 0 Å². The highest BCUT2D eigenvalue weighted by Gasteiger charge is 2.21. The molecule has 0 rings (SSSR count). The quantitative estimate of drug-likeness (QED) is 0.0471. The van der Waals surface area contributed by atoms with Gasteiger partial charge in [-0.3, -0.25) is 24.0 Å². The molecule has 0 aliphatic rings. The number of aliphatic hydroxyl groups excluding tert-OH is 1. The van der Waals surface area contributed by atoms with Gasteiger partial charge < -0.3 is 40.7 Å². The van der Waals surface area contributed by atoms with Crippen LogP contribution in [0.25, 0.3) is 0 Å². The van der Waals surface area contributed by atoms with Gasteiger partial charge in [0.15, 0.2) is 5.78 Å². The molecule has 0 fully saturated rings. The lowest BCUT2D eigenvalue weighted by molar-refractivity contribution is -0.142. The molecule has 0 bridgehead atoms. The summed E-state index contributed by atoms with van der Waals surface area (Å²) in [5, 5.41) is 35.2. The fraction of sp³-hybridized carbons (Fsp3) is 0.842. The lowest BCUT2D eigenvalue weighted by atomic mass is 10.0. The molecule has 0 heterocycles. The van der Waals surface area contributed by atoms with E-state index in [1.54, 1.807) is 7.05 Å². The van der Waals surface area contributed by atoms with Crippen LogP contribution < -0.4 is 16.0 Å².